The first-order chi connectivity index (χ1) is 15.9. The Morgan fingerprint density at radius 2 is 1.70 bits per heavy atom. The van der Waals surface area contributed by atoms with Crippen molar-refractivity contribution in [1.82, 2.24) is 28.0 Å². The van der Waals surface area contributed by atoms with Crippen LogP contribution in [0, 0.1) is 19.7 Å². The Morgan fingerprint density at radius 1 is 1.00 bits per heavy atom. The van der Waals surface area contributed by atoms with Gasteiger partial charge in [0.1, 0.15) is 5.82 Å². The maximum absolute atomic E-state index is 13.5. The third-order valence-corrected chi connectivity index (χ3v) is 6.63. The van der Waals surface area contributed by atoms with Gasteiger partial charge in [0, 0.05) is 44.6 Å². The van der Waals surface area contributed by atoms with Gasteiger partial charge in [0.2, 0.25) is 5.78 Å². The van der Waals surface area contributed by atoms with E-state index in [0.717, 1.165) is 50.8 Å². The molecule has 0 unspecified atom stereocenters. The fourth-order valence-corrected chi connectivity index (χ4v) is 4.56. The number of aromatic nitrogens is 5. The molecule has 1 saturated heterocycles. The molecule has 0 amide bonds. The average molecular weight is 455 g/mol. The van der Waals surface area contributed by atoms with Gasteiger partial charge < -0.3 is 9.30 Å². The molecule has 1 aromatic carbocycles. The molecule has 33 heavy (non-hydrogen) atoms. The molecular formula is C23H27FN6O3. The van der Waals surface area contributed by atoms with E-state index in [1.807, 2.05) is 18.2 Å². The minimum absolute atomic E-state index is 0.0602. The number of ether oxygens (including phenoxy) is 1. The van der Waals surface area contributed by atoms with Crippen LogP contribution in [0.4, 0.5) is 4.39 Å². The minimum Gasteiger partial charge on any atom is -0.379 e. The van der Waals surface area contributed by atoms with Crippen LogP contribution >= 0.6 is 0 Å². The summed E-state index contributed by atoms with van der Waals surface area (Å²) in [5, 5.41) is 0. The third kappa shape index (κ3) is 3.59. The highest BCUT2D eigenvalue weighted by atomic mass is 19.1. The van der Waals surface area contributed by atoms with Crippen molar-refractivity contribution in [2.75, 3.05) is 32.8 Å². The minimum atomic E-state index is -0.452. The Kier molecular flexibility index (Phi) is 5.41. The van der Waals surface area contributed by atoms with E-state index < -0.39 is 11.2 Å². The zero-order chi connectivity index (χ0) is 23.3. The van der Waals surface area contributed by atoms with Gasteiger partial charge in [-0.15, -0.1) is 0 Å². The molecule has 0 N–H and O–H groups in total. The van der Waals surface area contributed by atoms with E-state index in [1.54, 1.807) is 19.2 Å². The highest BCUT2D eigenvalue weighted by molar-refractivity contribution is 5.76. The number of fused-ring (bicyclic) bond motifs is 3. The summed E-state index contributed by atoms with van der Waals surface area (Å²) in [6.45, 7) is 8.89. The molecule has 3 aromatic heterocycles. The Bertz CT molecular complexity index is 1450. The number of nitrogens with zero attached hydrogens (tertiary/aromatic N) is 6. The van der Waals surface area contributed by atoms with E-state index in [-0.39, 0.29) is 12.4 Å². The van der Waals surface area contributed by atoms with Gasteiger partial charge in [-0.1, -0.05) is 12.1 Å². The summed E-state index contributed by atoms with van der Waals surface area (Å²) in [5.41, 5.74) is 2.50. The molecule has 5 rings (SSSR count). The molecule has 4 aromatic rings. The molecule has 0 spiro atoms. The van der Waals surface area contributed by atoms with E-state index in [9.17, 15) is 14.0 Å². The number of imidazole rings is 2. The van der Waals surface area contributed by atoms with Gasteiger partial charge >= 0.3 is 5.69 Å². The number of benzene rings is 1. The predicted octanol–water partition coefficient (Wildman–Crippen LogP) is 1.29. The summed E-state index contributed by atoms with van der Waals surface area (Å²) in [4.78, 5) is 33.6. The molecule has 0 radical (unpaired) electrons. The average Bonchev–Trinajstić information content (AvgIpc) is 3.32. The van der Waals surface area contributed by atoms with Gasteiger partial charge in [0.05, 0.1) is 19.8 Å². The molecule has 174 valence electrons. The lowest BCUT2D eigenvalue weighted by Crippen LogP contribution is -2.39. The molecule has 0 aliphatic carbocycles. The van der Waals surface area contributed by atoms with Crippen LogP contribution in [0.5, 0.6) is 0 Å². The predicted molar refractivity (Wildman–Crippen MR) is 122 cm³/mol. The number of halogens is 1. The summed E-state index contributed by atoms with van der Waals surface area (Å²) in [6, 6.07) is 5.80. The lowest BCUT2D eigenvalue weighted by Gasteiger charge is -2.26. The number of hydrogen-bond donors (Lipinski definition) is 0. The maximum atomic E-state index is 13.5. The first-order valence-electron chi connectivity index (χ1n) is 11.1. The van der Waals surface area contributed by atoms with E-state index in [4.69, 9.17) is 9.72 Å². The van der Waals surface area contributed by atoms with Gasteiger partial charge in [-0.05, 0) is 31.5 Å². The lowest BCUT2D eigenvalue weighted by atomic mass is 10.2. The Hall–Kier alpha value is -3.24. The fraction of sp³-hybridized carbons (Fsp3) is 0.435. The van der Waals surface area contributed by atoms with Gasteiger partial charge in [0.25, 0.3) is 5.56 Å². The second-order valence-corrected chi connectivity index (χ2v) is 8.56. The van der Waals surface area contributed by atoms with Crippen molar-refractivity contribution in [3.63, 3.8) is 0 Å². The first-order valence-corrected chi connectivity index (χ1v) is 11.1. The summed E-state index contributed by atoms with van der Waals surface area (Å²) < 4.78 is 25.3. The normalized spacial score (nSPS) is 15.2. The number of rotatable bonds is 5. The molecule has 4 heterocycles. The second kappa shape index (κ2) is 8.27. The highest BCUT2D eigenvalue weighted by Gasteiger charge is 2.23. The topological polar surface area (TPSA) is 78.7 Å². The fourth-order valence-electron chi connectivity index (χ4n) is 4.56. The van der Waals surface area contributed by atoms with Crippen LogP contribution in [-0.2, 0) is 24.9 Å². The monoisotopic (exact) mass is 454 g/mol. The number of hydrogen-bond acceptors (Lipinski definition) is 5. The SMILES string of the molecule is Cc1c(C)n2c3c(=O)n(Cc4ccc(F)cc4)c(=O)n(C)c3nc2n1CCN1CCOCC1. The molecule has 10 heteroatoms. The zero-order valence-corrected chi connectivity index (χ0v) is 19.0. The van der Waals surface area contributed by atoms with E-state index in [1.165, 1.54) is 21.3 Å². The first kappa shape index (κ1) is 21.6. The standard InChI is InChI=1S/C23H27FN6O3/c1-15-16(2)30-19-20(25-22(30)28(15)9-8-27-10-12-33-13-11-27)26(3)23(32)29(21(19)31)14-17-4-6-18(24)7-5-17/h4-7H,8-14H2,1-3H3. The van der Waals surface area contributed by atoms with Crippen LogP contribution in [0.25, 0.3) is 16.9 Å². The van der Waals surface area contributed by atoms with Crippen LogP contribution in [0.1, 0.15) is 17.0 Å². The van der Waals surface area contributed by atoms with Crippen LogP contribution in [-0.4, -0.2) is 60.8 Å². The maximum Gasteiger partial charge on any atom is 0.332 e. The molecule has 1 fully saturated rings. The summed E-state index contributed by atoms with van der Waals surface area (Å²) in [6.07, 6.45) is 0. The van der Waals surface area contributed by atoms with Crippen LogP contribution < -0.4 is 11.2 Å². The molecule has 0 atom stereocenters. The van der Waals surface area contributed by atoms with Gasteiger partial charge in [-0.25, -0.2) is 9.18 Å². The largest absolute Gasteiger partial charge is 0.379 e. The third-order valence-electron chi connectivity index (χ3n) is 6.63. The van der Waals surface area contributed by atoms with Crippen LogP contribution in [0.2, 0.25) is 0 Å². The molecule has 0 bridgehead atoms. The Morgan fingerprint density at radius 3 is 2.39 bits per heavy atom. The van der Waals surface area contributed by atoms with Crippen molar-refractivity contribution in [3.8, 4) is 0 Å². The van der Waals surface area contributed by atoms with Crippen LogP contribution in [0.15, 0.2) is 33.9 Å². The van der Waals surface area contributed by atoms with Gasteiger partial charge in [-0.3, -0.25) is 23.2 Å². The van der Waals surface area contributed by atoms with Crippen molar-refractivity contribution in [2.45, 2.75) is 26.9 Å². The summed E-state index contributed by atoms with van der Waals surface area (Å²) >= 11 is 0. The number of aryl methyl sites for hydroxylation is 2. The zero-order valence-electron chi connectivity index (χ0n) is 19.0. The Balaban J connectivity index is 1.63. The van der Waals surface area contributed by atoms with E-state index in [0.29, 0.717) is 22.5 Å². The highest BCUT2D eigenvalue weighted by Crippen LogP contribution is 2.21. The molecule has 0 saturated carbocycles. The van der Waals surface area contributed by atoms with Crippen molar-refractivity contribution in [3.05, 3.63) is 67.9 Å². The molecular weight excluding hydrogens is 427 g/mol. The van der Waals surface area contributed by atoms with Gasteiger partial charge in [0.15, 0.2) is 11.2 Å². The lowest BCUT2D eigenvalue weighted by molar-refractivity contribution is 0.0364. The Labute approximate surface area is 189 Å². The quantitative estimate of drug-likeness (QED) is 0.454. The second-order valence-electron chi connectivity index (χ2n) is 8.56. The number of morpholine rings is 1. The molecule has 1 aliphatic rings. The molecule has 9 nitrogen and oxygen atoms in total. The van der Waals surface area contributed by atoms with Crippen LogP contribution in [0.3, 0.4) is 0 Å². The van der Waals surface area contributed by atoms with Crippen molar-refractivity contribution >= 4 is 16.9 Å². The summed E-state index contributed by atoms with van der Waals surface area (Å²) in [5.74, 6) is 0.288. The van der Waals surface area contributed by atoms with Crippen molar-refractivity contribution < 1.29 is 9.13 Å². The summed E-state index contributed by atoms with van der Waals surface area (Å²) in [7, 11) is 1.62. The van der Waals surface area contributed by atoms with Crippen molar-refractivity contribution in [1.29, 1.82) is 0 Å². The van der Waals surface area contributed by atoms with E-state index in [2.05, 4.69) is 9.47 Å². The van der Waals surface area contributed by atoms with Gasteiger partial charge in [-0.2, -0.15) is 4.98 Å². The van der Waals surface area contributed by atoms with Crippen molar-refractivity contribution in [2.24, 2.45) is 7.05 Å². The molecule has 1 aliphatic heterocycles. The smallest absolute Gasteiger partial charge is 0.332 e. The van der Waals surface area contributed by atoms with E-state index >= 15 is 0 Å².